The topological polar surface area (TPSA) is 57.5 Å². The number of aromatic nitrogens is 2. The zero-order chi connectivity index (χ0) is 21.3. The molecule has 2 aromatic carbocycles. The third-order valence-electron chi connectivity index (χ3n) is 5.91. The molecule has 2 N–H and O–H groups in total. The van der Waals surface area contributed by atoms with Gasteiger partial charge in [-0.3, -0.25) is 14.6 Å². The number of benzene rings is 2. The first-order valence-electron chi connectivity index (χ1n) is 11.1. The van der Waals surface area contributed by atoms with E-state index in [4.69, 9.17) is 0 Å². The van der Waals surface area contributed by atoms with E-state index in [0.29, 0.717) is 6.04 Å². The van der Waals surface area contributed by atoms with Crippen LogP contribution in [-0.4, -0.2) is 46.8 Å². The van der Waals surface area contributed by atoms with Gasteiger partial charge in [-0.05, 0) is 42.1 Å². The molecular formula is C25H33IN6. The second-order valence-corrected chi connectivity index (χ2v) is 8.03. The Morgan fingerprint density at radius 2 is 1.78 bits per heavy atom. The monoisotopic (exact) mass is 544 g/mol. The van der Waals surface area contributed by atoms with Crippen molar-refractivity contribution in [3.05, 3.63) is 89.7 Å². The Hall–Kier alpha value is -2.39. The summed E-state index contributed by atoms with van der Waals surface area (Å²) < 4.78 is 1.95. The maximum atomic E-state index is 4.44. The van der Waals surface area contributed by atoms with Gasteiger partial charge in [-0.1, -0.05) is 54.6 Å². The van der Waals surface area contributed by atoms with E-state index in [9.17, 15) is 0 Å². The lowest BCUT2D eigenvalue weighted by Crippen LogP contribution is -2.44. The molecule has 170 valence electrons. The first kappa shape index (κ1) is 24.3. The van der Waals surface area contributed by atoms with Gasteiger partial charge in [-0.2, -0.15) is 5.10 Å². The number of hydrogen-bond acceptors (Lipinski definition) is 3. The molecule has 1 fully saturated rings. The van der Waals surface area contributed by atoms with Crippen LogP contribution >= 0.6 is 24.0 Å². The molecule has 0 radical (unpaired) electrons. The standard InChI is InChI=1S/C25H32N6.HI/c1-26-25(27-17-22-11-5-6-12-23(22)20-31-16-8-14-29-31)28-18-24-13-7-15-30(24)19-21-9-3-2-4-10-21;/h2-6,8-12,14,16,24H,7,13,15,17-20H2,1H3,(H2,26,27,28);1H. The van der Waals surface area contributed by atoms with E-state index in [2.05, 4.69) is 80.2 Å². The summed E-state index contributed by atoms with van der Waals surface area (Å²) >= 11 is 0. The molecule has 0 spiro atoms. The maximum absolute atomic E-state index is 4.44. The summed E-state index contributed by atoms with van der Waals surface area (Å²) in [6.45, 7) is 4.58. The fraction of sp³-hybridized carbons (Fsp3) is 0.360. The molecule has 32 heavy (non-hydrogen) atoms. The van der Waals surface area contributed by atoms with Crippen LogP contribution in [0.4, 0.5) is 0 Å². The van der Waals surface area contributed by atoms with Crippen LogP contribution in [0.25, 0.3) is 0 Å². The fourth-order valence-electron chi connectivity index (χ4n) is 4.22. The highest BCUT2D eigenvalue weighted by Crippen LogP contribution is 2.19. The predicted molar refractivity (Wildman–Crippen MR) is 141 cm³/mol. The molecule has 6 nitrogen and oxygen atoms in total. The van der Waals surface area contributed by atoms with Crippen LogP contribution in [0.15, 0.2) is 78.0 Å². The van der Waals surface area contributed by atoms with Gasteiger partial charge in [0.2, 0.25) is 0 Å². The molecule has 1 saturated heterocycles. The van der Waals surface area contributed by atoms with Crippen LogP contribution in [0, 0.1) is 0 Å². The zero-order valence-electron chi connectivity index (χ0n) is 18.7. The molecule has 0 saturated carbocycles. The summed E-state index contributed by atoms with van der Waals surface area (Å²) in [6, 6.07) is 21.7. The number of aliphatic imine (C=N–C) groups is 1. The molecule has 0 aliphatic carbocycles. The van der Waals surface area contributed by atoms with Gasteiger partial charge in [0.05, 0.1) is 6.54 Å². The van der Waals surface area contributed by atoms with Gasteiger partial charge < -0.3 is 10.6 Å². The number of likely N-dealkylation sites (tertiary alicyclic amines) is 1. The smallest absolute Gasteiger partial charge is 0.191 e. The fourth-order valence-corrected chi connectivity index (χ4v) is 4.22. The van der Waals surface area contributed by atoms with E-state index >= 15 is 0 Å². The summed E-state index contributed by atoms with van der Waals surface area (Å²) in [7, 11) is 1.83. The van der Waals surface area contributed by atoms with Gasteiger partial charge in [0.1, 0.15) is 0 Å². The lowest BCUT2D eigenvalue weighted by atomic mass is 10.1. The molecule has 0 amide bonds. The average Bonchev–Trinajstić information content (AvgIpc) is 3.48. The largest absolute Gasteiger partial charge is 0.355 e. The molecule has 1 aliphatic heterocycles. The maximum Gasteiger partial charge on any atom is 0.191 e. The van der Waals surface area contributed by atoms with Crippen molar-refractivity contribution < 1.29 is 0 Å². The third-order valence-corrected chi connectivity index (χ3v) is 5.91. The van der Waals surface area contributed by atoms with Gasteiger partial charge >= 0.3 is 0 Å². The number of guanidine groups is 1. The van der Waals surface area contributed by atoms with Crippen LogP contribution in [0.3, 0.4) is 0 Å². The second-order valence-electron chi connectivity index (χ2n) is 8.03. The van der Waals surface area contributed by atoms with Gasteiger partial charge in [-0.15, -0.1) is 24.0 Å². The number of nitrogens with one attached hydrogen (secondary N) is 2. The molecule has 1 aromatic heterocycles. The van der Waals surface area contributed by atoms with Crippen LogP contribution < -0.4 is 10.6 Å². The van der Waals surface area contributed by atoms with Crippen LogP contribution in [0.1, 0.15) is 29.5 Å². The van der Waals surface area contributed by atoms with Gasteiger partial charge in [0.15, 0.2) is 5.96 Å². The predicted octanol–water partition coefficient (Wildman–Crippen LogP) is 3.88. The van der Waals surface area contributed by atoms with E-state index in [0.717, 1.165) is 38.7 Å². The first-order chi connectivity index (χ1) is 15.3. The Labute approximate surface area is 208 Å². The van der Waals surface area contributed by atoms with Crippen LogP contribution in [-0.2, 0) is 19.6 Å². The molecule has 0 bridgehead atoms. The Morgan fingerprint density at radius 3 is 2.53 bits per heavy atom. The SMILES string of the molecule is CN=C(NCc1ccccc1Cn1cccn1)NCC1CCCN1Cc1ccccc1.I. The first-order valence-corrected chi connectivity index (χ1v) is 11.1. The number of nitrogens with zero attached hydrogens (tertiary/aromatic N) is 4. The van der Waals surface area contributed by atoms with Crippen molar-refractivity contribution in [1.29, 1.82) is 0 Å². The molecule has 1 aliphatic rings. The van der Waals surface area contributed by atoms with E-state index in [1.807, 2.05) is 30.2 Å². The minimum Gasteiger partial charge on any atom is -0.355 e. The Balaban J connectivity index is 0.00000289. The van der Waals surface area contributed by atoms with Gasteiger partial charge in [-0.25, -0.2) is 0 Å². The van der Waals surface area contributed by atoms with Crippen LogP contribution in [0.5, 0.6) is 0 Å². The van der Waals surface area contributed by atoms with Crippen molar-refractivity contribution in [2.45, 2.75) is 38.5 Å². The lowest BCUT2D eigenvalue weighted by molar-refractivity contribution is 0.245. The quantitative estimate of drug-likeness (QED) is 0.257. The normalized spacial score (nSPS) is 16.5. The Kier molecular flexibility index (Phi) is 9.55. The zero-order valence-corrected chi connectivity index (χ0v) is 21.0. The molecular weight excluding hydrogens is 511 g/mol. The summed E-state index contributed by atoms with van der Waals surface area (Å²) in [5.41, 5.74) is 3.90. The van der Waals surface area contributed by atoms with Gasteiger partial charge in [0, 0.05) is 45.1 Å². The van der Waals surface area contributed by atoms with Crippen LogP contribution in [0.2, 0.25) is 0 Å². The summed E-state index contributed by atoms with van der Waals surface area (Å²) in [4.78, 5) is 7.02. The van der Waals surface area contributed by atoms with E-state index in [-0.39, 0.29) is 24.0 Å². The van der Waals surface area contributed by atoms with E-state index in [1.165, 1.54) is 29.5 Å². The highest BCUT2D eigenvalue weighted by atomic mass is 127. The van der Waals surface area contributed by atoms with Crippen molar-refractivity contribution in [3.63, 3.8) is 0 Å². The van der Waals surface area contributed by atoms with Crippen molar-refractivity contribution in [2.24, 2.45) is 4.99 Å². The number of rotatable bonds is 8. The summed E-state index contributed by atoms with van der Waals surface area (Å²) in [6.07, 6.45) is 6.29. The molecule has 1 unspecified atom stereocenters. The van der Waals surface area contributed by atoms with Crippen molar-refractivity contribution in [2.75, 3.05) is 20.1 Å². The molecule has 3 aromatic rings. The van der Waals surface area contributed by atoms with E-state index in [1.54, 1.807) is 0 Å². The minimum atomic E-state index is 0. The second kappa shape index (κ2) is 12.6. The summed E-state index contributed by atoms with van der Waals surface area (Å²) in [5.74, 6) is 0.848. The van der Waals surface area contributed by atoms with E-state index < -0.39 is 0 Å². The summed E-state index contributed by atoms with van der Waals surface area (Å²) in [5, 5.41) is 11.4. The minimum absolute atomic E-state index is 0. The van der Waals surface area contributed by atoms with Gasteiger partial charge in [0.25, 0.3) is 0 Å². The molecule has 2 heterocycles. The highest BCUT2D eigenvalue weighted by molar-refractivity contribution is 14.0. The molecule has 4 rings (SSSR count). The van der Waals surface area contributed by atoms with Crippen molar-refractivity contribution in [3.8, 4) is 0 Å². The number of hydrogen-bond donors (Lipinski definition) is 2. The van der Waals surface area contributed by atoms with Crippen molar-refractivity contribution in [1.82, 2.24) is 25.3 Å². The highest BCUT2D eigenvalue weighted by Gasteiger charge is 2.24. The molecule has 7 heteroatoms. The number of halogens is 1. The molecule has 1 atom stereocenters. The van der Waals surface area contributed by atoms with Crippen molar-refractivity contribution >= 4 is 29.9 Å². The average molecular weight is 544 g/mol. The Bertz CT molecular complexity index is 958. The lowest BCUT2D eigenvalue weighted by Gasteiger charge is -2.25. The Morgan fingerprint density at radius 1 is 1.00 bits per heavy atom. The third kappa shape index (κ3) is 6.80.